The molecule has 0 saturated carbocycles. The van der Waals surface area contributed by atoms with Crippen molar-refractivity contribution in [2.75, 3.05) is 6.54 Å². The predicted molar refractivity (Wildman–Crippen MR) is 63.1 cm³/mol. The number of nitrogens with one attached hydrogen (secondary N) is 1. The fourth-order valence-electron chi connectivity index (χ4n) is 1.83. The third-order valence-electron chi connectivity index (χ3n) is 2.68. The van der Waals surface area contributed by atoms with Crippen LogP contribution in [0.2, 0.25) is 0 Å². The third-order valence-corrected chi connectivity index (χ3v) is 2.68. The summed E-state index contributed by atoms with van der Waals surface area (Å²) >= 11 is 0. The van der Waals surface area contributed by atoms with E-state index in [4.69, 9.17) is 0 Å². The number of para-hydroxylation sites is 2. The highest BCUT2D eigenvalue weighted by molar-refractivity contribution is 5.75. The largest absolute Gasteiger partial charge is 0.359 e. The van der Waals surface area contributed by atoms with Gasteiger partial charge in [0.1, 0.15) is 5.82 Å². The molecule has 0 saturated heterocycles. The Bertz CT molecular complexity index is 490. The first-order valence-electron chi connectivity index (χ1n) is 5.40. The smallest absolute Gasteiger partial charge is 0.207 e. The molecule has 84 valence electrons. The third kappa shape index (κ3) is 2.05. The number of carbonyl (C=O) groups is 1. The van der Waals surface area contributed by atoms with Gasteiger partial charge in [-0.15, -0.1) is 0 Å². The van der Waals surface area contributed by atoms with E-state index in [9.17, 15) is 4.79 Å². The number of rotatable bonds is 5. The molecule has 0 unspecified atom stereocenters. The highest BCUT2D eigenvalue weighted by Gasteiger charge is 2.05. The Balaban J connectivity index is 2.12. The number of nitrogens with zero attached hydrogens (tertiary/aromatic N) is 2. The van der Waals surface area contributed by atoms with Gasteiger partial charge in [-0.25, -0.2) is 4.98 Å². The summed E-state index contributed by atoms with van der Waals surface area (Å²) < 4.78 is 2.11. The maximum atomic E-state index is 10.1. The molecule has 16 heavy (non-hydrogen) atoms. The molecule has 0 atom stereocenters. The molecule has 1 heterocycles. The van der Waals surface area contributed by atoms with Crippen LogP contribution in [-0.4, -0.2) is 22.5 Å². The normalized spacial score (nSPS) is 10.6. The molecule has 0 fully saturated rings. The molecular weight excluding hydrogens is 202 g/mol. The molecule has 2 rings (SSSR count). The van der Waals surface area contributed by atoms with Crippen LogP contribution < -0.4 is 5.32 Å². The number of carbonyl (C=O) groups excluding carboxylic acids is 1. The van der Waals surface area contributed by atoms with Crippen LogP contribution in [0.5, 0.6) is 0 Å². The van der Waals surface area contributed by atoms with E-state index >= 15 is 0 Å². The van der Waals surface area contributed by atoms with Gasteiger partial charge in [-0.3, -0.25) is 4.79 Å². The van der Waals surface area contributed by atoms with Crippen molar-refractivity contribution in [3.05, 3.63) is 30.1 Å². The van der Waals surface area contributed by atoms with Crippen molar-refractivity contribution < 1.29 is 4.79 Å². The average molecular weight is 217 g/mol. The van der Waals surface area contributed by atoms with E-state index in [0.717, 1.165) is 36.1 Å². The molecule has 1 amide bonds. The van der Waals surface area contributed by atoms with Gasteiger partial charge in [0.05, 0.1) is 11.0 Å². The van der Waals surface area contributed by atoms with Crippen molar-refractivity contribution in [2.24, 2.45) is 7.05 Å². The van der Waals surface area contributed by atoms with Crippen molar-refractivity contribution in [3.8, 4) is 0 Å². The summed E-state index contributed by atoms with van der Waals surface area (Å²) in [5.74, 6) is 1.06. The van der Waals surface area contributed by atoms with Gasteiger partial charge in [0.25, 0.3) is 0 Å². The second kappa shape index (κ2) is 4.79. The molecule has 1 aromatic heterocycles. The monoisotopic (exact) mass is 217 g/mol. The van der Waals surface area contributed by atoms with Crippen LogP contribution in [0, 0.1) is 0 Å². The van der Waals surface area contributed by atoms with Crippen molar-refractivity contribution in [3.63, 3.8) is 0 Å². The summed E-state index contributed by atoms with van der Waals surface area (Å²) in [4.78, 5) is 14.6. The predicted octanol–water partition coefficient (Wildman–Crippen LogP) is 1.25. The minimum atomic E-state index is 0.701. The first kappa shape index (κ1) is 10.7. The Morgan fingerprint density at radius 3 is 3.00 bits per heavy atom. The Hall–Kier alpha value is -1.84. The van der Waals surface area contributed by atoms with Crippen LogP contribution in [0.15, 0.2) is 24.3 Å². The van der Waals surface area contributed by atoms with E-state index in [2.05, 4.69) is 20.9 Å². The highest BCUT2D eigenvalue weighted by atomic mass is 16.1. The molecule has 1 N–H and O–H groups in total. The van der Waals surface area contributed by atoms with E-state index < -0.39 is 0 Å². The van der Waals surface area contributed by atoms with E-state index in [1.807, 2.05) is 25.2 Å². The molecule has 0 spiro atoms. The van der Waals surface area contributed by atoms with Gasteiger partial charge in [-0.2, -0.15) is 0 Å². The molecule has 0 aliphatic carbocycles. The van der Waals surface area contributed by atoms with Gasteiger partial charge in [-0.1, -0.05) is 12.1 Å². The molecule has 4 heteroatoms. The van der Waals surface area contributed by atoms with Crippen LogP contribution in [0.3, 0.4) is 0 Å². The molecule has 0 aliphatic heterocycles. The standard InChI is InChI=1S/C12H15N3O/c1-15-11-6-3-2-5-10(11)14-12(15)7-4-8-13-9-16/h2-3,5-6,9H,4,7-8H2,1H3,(H,13,16). The summed E-state index contributed by atoms with van der Waals surface area (Å²) in [6.45, 7) is 0.701. The molecule has 1 aromatic carbocycles. The number of imidazole rings is 1. The fourth-order valence-corrected chi connectivity index (χ4v) is 1.83. The topological polar surface area (TPSA) is 46.9 Å². The average Bonchev–Trinajstić information content (AvgIpc) is 2.63. The highest BCUT2D eigenvalue weighted by Crippen LogP contribution is 2.14. The van der Waals surface area contributed by atoms with Crippen molar-refractivity contribution in [1.82, 2.24) is 14.9 Å². The van der Waals surface area contributed by atoms with Crippen molar-refractivity contribution in [1.29, 1.82) is 0 Å². The zero-order valence-corrected chi connectivity index (χ0v) is 9.31. The second-order valence-corrected chi connectivity index (χ2v) is 3.75. The van der Waals surface area contributed by atoms with E-state index in [0.29, 0.717) is 6.54 Å². The van der Waals surface area contributed by atoms with Gasteiger partial charge in [0, 0.05) is 20.0 Å². The number of amides is 1. The summed E-state index contributed by atoms with van der Waals surface area (Å²) in [5, 5.41) is 2.65. The lowest BCUT2D eigenvalue weighted by molar-refractivity contribution is -0.109. The van der Waals surface area contributed by atoms with Crippen LogP contribution in [-0.2, 0) is 18.3 Å². The Morgan fingerprint density at radius 2 is 2.25 bits per heavy atom. The number of hydrogen-bond acceptors (Lipinski definition) is 2. The van der Waals surface area contributed by atoms with Crippen LogP contribution in [0.4, 0.5) is 0 Å². The summed E-state index contributed by atoms with van der Waals surface area (Å²) in [5.41, 5.74) is 2.18. The molecular formula is C12H15N3O. The van der Waals surface area contributed by atoms with Gasteiger partial charge in [0.2, 0.25) is 6.41 Å². The van der Waals surface area contributed by atoms with E-state index in [1.54, 1.807) is 0 Å². The van der Waals surface area contributed by atoms with Crippen molar-refractivity contribution >= 4 is 17.4 Å². The number of fused-ring (bicyclic) bond motifs is 1. The van der Waals surface area contributed by atoms with Gasteiger partial charge in [0.15, 0.2) is 0 Å². The van der Waals surface area contributed by atoms with Gasteiger partial charge < -0.3 is 9.88 Å². The molecule has 0 bridgehead atoms. The zero-order chi connectivity index (χ0) is 11.4. The fraction of sp³-hybridized carbons (Fsp3) is 0.333. The maximum absolute atomic E-state index is 10.1. The number of aryl methyl sites for hydroxylation is 2. The Labute approximate surface area is 94.3 Å². The van der Waals surface area contributed by atoms with Gasteiger partial charge in [-0.05, 0) is 18.6 Å². The van der Waals surface area contributed by atoms with Crippen LogP contribution >= 0.6 is 0 Å². The van der Waals surface area contributed by atoms with E-state index in [-0.39, 0.29) is 0 Å². The van der Waals surface area contributed by atoms with Crippen LogP contribution in [0.25, 0.3) is 11.0 Å². The minimum Gasteiger partial charge on any atom is -0.359 e. The lowest BCUT2D eigenvalue weighted by Crippen LogP contribution is -2.13. The summed E-state index contributed by atoms with van der Waals surface area (Å²) in [6, 6.07) is 8.09. The Morgan fingerprint density at radius 1 is 1.44 bits per heavy atom. The summed E-state index contributed by atoms with van der Waals surface area (Å²) in [7, 11) is 2.03. The lowest BCUT2D eigenvalue weighted by atomic mass is 10.3. The molecule has 0 aliphatic rings. The van der Waals surface area contributed by atoms with Gasteiger partial charge >= 0.3 is 0 Å². The summed E-state index contributed by atoms with van der Waals surface area (Å²) in [6.07, 6.45) is 2.52. The lowest BCUT2D eigenvalue weighted by Gasteiger charge is -2.01. The van der Waals surface area contributed by atoms with Crippen LogP contribution in [0.1, 0.15) is 12.2 Å². The molecule has 4 nitrogen and oxygen atoms in total. The minimum absolute atomic E-state index is 0.701. The number of hydrogen-bond donors (Lipinski definition) is 1. The zero-order valence-electron chi connectivity index (χ0n) is 9.31. The Kier molecular flexibility index (Phi) is 3.19. The first-order valence-corrected chi connectivity index (χ1v) is 5.40. The maximum Gasteiger partial charge on any atom is 0.207 e. The molecule has 0 radical (unpaired) electrons. The first-order chi connectivity index (χ1) is 7.83. The molecule has 2 aromatic rings. The van der Waals surface area contributed by atoms with E-state index in [1.165, 1.54) is 0 Å². The van der Waals surface area contributed by atoms with Crippen molar-refractivity contribution in [2.45, 2.75) is 12.8 Å². The SMILES string of the molecule is Cn1c(CCCNC=O)nc2ccccc21. The quantitative estimate of drug-likeness (QED) is 0.605. The second-order valence-electron chi connectivity index (χ2n) is 3.75. The number of aromatic nitrogens is 2. The number of benzene rings is 1.